The predicted molar refractivity (Wildman–Crippen MR) is 103 cm³/mol. The summed E-state index contributed by atoms with van der Waals surface area (Å²) in [4.78, 5) is 26.7. The second kappa shape index (κ2) is 8.35. The van der Waals surface area contributed by atoms with Crippen LogP contribution in [0.25, 0.3) is 5.76 Å². The molecule has 1 heterocycles. The van der Waals surface area contributed by atoms with Gasteiger partial charge in [-0.3, -0.25) is 9.59 Å². The number of likely N-dealkylation sites (tertiary alicyclic amines) is 1. The van der Waals surface area contributed by atoms with Crippen LogP contribution in [-0.2, 0) is 14.3 Å². The summed E-state index contributed by atoms with van der Waals surface area (Å²) in [6.07, 6.45) is 0.485. The zero-order valence-electron chi connectivity index (χ0n) is 15.8. The molecule has 0 saturated carbocycles. The molecule has 1 amide bonds. The molecule has 6 heteroatoms. The molecule has 2 aromatic carbocycles. The van der Waals surface area contributed by atoms with Gasteiger partial charge in [0.15, 0.2) is 0 Å². The van der Waals surface area contributed by atoms with Crippen molar-refractivity contribution >= 4 is 17.4 Å². The van der Waals surface area contributed by atoms with E-state index in [-0.39, 0.29) is 23.4 Å². The number of ether oxygens (including phenoxy) is 1. The highest BCUT2D eigenvalue weighted by Crippen LogP contribution is 2.40. The van der Waals surface area contributed by atoms with Crippen molar-refractivity contribution in [1.82, 2.24) is 4.90 Å². The maximum atomic E-state index is 14.6. The summed E-state index contributed by atoms with van der Waals surface area (Å²) in [5.74, 6) is -2.41. The number of carbonyl (C=O) groups excluding carboxylic acids is 2. The quantitative estimate of drug-likeness (QED) is 0.358. The molecule has 5 nitrogen and oxygen atoms in total. The predicted octanol–water partition coefficient (Wildman–Crippen LogP) is 3.59. The van der Waals surface area contributed by atoms with Gasteiger partial charge < -0.3 is 14.7 Å². The molecule has 0 bridgehead atoms. The molecule has 3 rings (SSSR count). The smallest absolute Gasteiger partial charge is 0.295 e. The number of benzene rings is 2. The van der Waals surface area contributed by atoms with Crippen LogP contribution >= 0.6 is 0 Å². The van der Waals surface area contributed by atoms with Gasteiger partial charge >= 0.3 is 0 Å². The van der Waals surface area contributed by atoms with Gasteiger partial charge in [-0.25, -0.2) is 4.39 Å². The molecule has 1 N–H and O–H groups in total. The molecule has 0 aliphatic carbocycles. The summed E-state index contributed by atoms with van der Waals surface area (Å²) >= 11 is 0. The van der Waals surface area contributed by atoms with Crippen LogP contribution < -0.4 is 0 Å². The molecule has 0 radical (unpaired) electrons. The van der Waals surface area contributed by atoms with Crippen LogP contribution in [0.3, 0.4) is 0 Å². The highest BCUT2D eigenvalue weighted by Gasteiger charge is 2.46. The maximum Gasteiger partial charge on any atom is 0.295 e. The zero-order valence-corrected chi connectivity index (χ0v) is 15.8. The molecule has 2 aromatic rings. The van der Waals surface area contributed by atoms with Gasteiger partial charge in [-0.15, -0.1) is 0 Å². The van der Waals surface area contributed by atoms with Gasteiger partial charge in [0.05, 0.1) is 11.6 Å². The Morgan fingerprint density at radius 3 is 2.46 bits per heavy atom. The van der Waals surface area contributed by atoms with Crippen molar-refractivity contribution in [3.05, 3.63) is 76.6 Å². The maximum absolute atomic E-state index is 14.6. The number of aliphatic hydroxyl groups is 1. The molecule has 1 aliphatic rings. The lowest BCUT2D eigenvalue weighted by Crippen LogP contribution is -2.31. The fourth-order valence-corrected chi connectivity index (χ4v) is 3.38. The van der Waals surface area contributed by atoms with E-state index in [9.17, 15) is 19.1 Å². The number of halogens is 1. The van der Waals surface area contributed by atoms with E-state index in [0.717, 1.165) is 5.56 Å². The Labute approximate surface area is 163 Å². The van der Waals surface area contributed by atoms with E-state index in [1.165, 1.54) is 23.1 Å². The van der Waals surface area contributed by atoms with E-state index in [1.54, 1.807) is 37.4 Å². The Morgan fingerprint density at radius 2 is 1.82 bits per heavy atom. The molecule has 1 aliphatic heterocycles. The summed E-state index contributed by atoms with van der Waals surface area (Å²) in [7, 11) is 1.54. The number of aryl methyl sites for hydroxylation is 1. The first-order valence-corrected chi connectivity index (χ1v) is 9.04. The molecule has 146 valence electrons. The van der Waals surface area contributed by atoms with Crippen LogP contribution in [0.5, 0.6) is 0 Å². The van der Waals surface area contributed by atoms with Crippen LogP contribution in [0.1, 0.15) is 29.2 Å². The number of Topliss-reactive ketones (excluding diaryl/α,β-unsaturated/α-hetero) is 1. The Bertz CT molecular complexity index is 920. The Balaban J connectivity index is 2.14. The van der Waals surface area contributed by atoms with Crippen LogP contribution in [0, 0.1) is 12.7 Å². The minimum Gasteiger partial charge on any atom is -0.507 e. The van der Waals surface area contributed by atoms with Crippen LogP contribution in [0.2, 0.25) is 0 Å². The molecule has 28 heavy (non-hydrogen) atoms. The van der Waals surface area contributed by atoms with Crippen LogP contribution in [0.4, 0.5) is 4.39 Å². The average molecular weight is 383 g/mol. The number of carbonyl (C=O) groups is 2. The standard InChI is InChI=1S/C22H22FNO4/c1-14-8-10-15(11-9-14)20(25)18-19(16-6-3-4-7-17(16)23)24(12-5-13-28-2)22(27)21(18)26/h3-4,6-11,19,25H,5,12-13H2,1-2H3/t19-/m1/s1. The monoisotopic (exact) mass is 383 g/mol. The van der Waals surface area contributed by atoms with Crippen molar-refractivity contribution in [1.29, 1.82) is 0 Å². The number of hydrogen-bond donors (Lipinski definition) is 1. The van der Waals surface area contributed by atoms with Crippen molar-refractivity contribution in [2.45, 2.75) is 19.4 Å². The van der Waals surface area contributed by atoms with Crippen LogP contribution in [-0.4, -0.2) is 42.0 Å². The molecule has 0 spiro atoms. The molecular formula is C22H22FNO4. The lowest BCUT2D eigenvalue weighted by atomic mass is 9.94. The number of hydrogen-bond acceptors (Lipinski definition) is 4. The zero-order chi connectivity index (χ0) is 20.3. The van der Waals surface area contributed by atoms with Gasteiger partial charge in [-0.1, -0.05) is 48.0 Å². The number of methoxy groups -OCH3 is 1. The van der Waals surface area contributed by atoms with E-state index >= 15 is 0 Å². The first kappa shape index (κ1) is 19.8. The van der Waals surface area contributed by atoms with Crippen molar-refractivity contribution in [2.75, 3.05) is 20.3 Å². The number of rotatable bonds is 6. The minimum atomic E-state index is -0.987. The van der Waals surface area contributed by atoms with Crippen molar-refractivity contribution in [2.24, 2.45) is 0 Å². The third-order valence-corrected chi connectivity index (χ3v) is 4.81. The molecule has 1 fully saturated rings. The lowest BCUT2D eigenvalue weighted by Gasteiger charge is -2.25. The summed E-state index contributed by atoms with van der Waals surface area (Å²) < 4.78 is 19.6. The molecular weight excluding hydrogens is 361 g/mol. The van der Waals surface area contributed by atoms with Gasteiger partial charge in [-0.05, 0) is 19.4 Å². The van der Waals surface area contributed by atoms with E-state index in [2.05, 4.69) is 0 Å². The van der Waals surface area contributed by atoms with Crippen LogP contribution in [0.15, 0.2) is 54.1 Å². The highest BCUT2D eigenvalue weighted by molar-refractivity contribution is 6.46. The average Bonchev–Trinajstić information content (AvgIpc) is 2.93. The summed E-state index contributed by atoms with van der Waals surface area (Å²) in [5, 5.41) is 10.8. The van der Waals surface area contributed by atoms with E-state index in [1.807, 2.05) is 6.92 Å². The fraction of sp³-hybridized carbons (Fsp3) is 0.273. The Kier molecular flexibility index (Phi) is 5.90. The van der Waals surface area contributed by atoms with Gasteiger partial charge in [0.2, 0.25) is 0 Å². The Hall–Kier alpha value is -2.99. The van der Waals surface area contributed by atoms with Gasteiger partial charge in [0.25, 0.3) is 11.7 Å². The first-order valence-electron chi connectivity index (χ1n) is 9.04. The molecule has 1 atom stereocenters. The SMILES string of the molecule is COCCCN1C(=O)C(=O)C(=C(O)c2ccc(C)cc2)[C@H]1c1ccccc1F. The second-order valence-corrected chi connectivity index (χ2v) is 6.73. The van der Waals surface area contributed by atoms with Crippen molar-refractivity contribution in [3.8, 4) is 0 Å². The fourth-order valence-electron chi connectivity index (χ4n) is 3.38. The second-order valence-electron chi connectivity index (χ2n) is 6.73. The Morgan fingerprint density at radius 1 is 1.14 bits per heavy atom. The third-order valence-electron chi connectivity index (χ3n) is 4.81. The third kappa shape index (κ3) is 3.68. The number of ketones is 1. The molecule has 1 saturated heterocycles. The normalized spacial score (nSPS) is 18.7. The van der Waals surface area contributed by atoms with E-state index in [4.69, 9.17) is 4.74 Å². The van der Waals surface area contributed by atoms with Crippen molar-refractivity contribution < 1.29 is 23.8 Å². The minimum absolute atomic E-state index is 0.101. The van der Waals surface area contributed by atoms with Gasteiger partial charge in [-0.2, -0.15) is 0 Å². The number of amides is 1. The largest absolute Gasteiger partial charge is 0.507 e. The molecule has 0 aromatic heterocycles. The highest BCUT2D eigenvalue weighted by atomic mass is 19.1. The topological polar surface area (TPSA) is 66.8 Å². The van der Waals surface area contributed by atoms with Gasteiger partial charge in [0.1, 0.15) is 11.6 Å². The number of aliphatic hydroxyl groups excluding tert-OH is 1. The first-order chi connectivity index (χ1) is 13.5. The van der Waals surface area contributed by atoms with E-state index in [0.29, 0.717) is 18.6 Å². The van der Waals surface area contributed by atoms with Crippen molar-refractivity contribution in [3.63, 3.8) is 0 Å². The summed E-state index contributed by atoms with van der Waals surface area (Å²) in [5.41, 5.74) is 1.47. The van der Waals surface area contributed by atoms with Gasteiger partial charge in [0, 0.05) is 31.4 Å². The lowest BCUT2D eigenvalue weighted by molar-refractivity contribution is -0.140. The molecule has 0 unspecified atom stereocenters. The summed E-state index contributed by atoms with van der Waals surface area (Å²) in [6, 6.07) is 11.9. The number of nitrogens with zero attached hydrogens (tertiary/aromatic N) is 1. The van der Waals surface area contributed by atoms with E-state index < -0.39 is 23.5 Å². The summed E-state index contributed by atoms with van der Waals surface area (Å²) in [6.45, 7) is 2.50.